The average molecular weight is 282 g/mol. The molecule has 9 heteroatoms. The molecule has 0 fully saturated rings. The lowest BCUT2D eigenvalue weighted by Gasteiger charge is -2.18. The summed E-state index contributed by atoms with van der Waals surface area (Å²) < 4.78 is 0. The number of carboxylic acids is 2. The maximum absolute atomic E-state index is 11.7. The molecule has 2 amide bonds. The predicted octanol–water partition coefficient (Wildman–Crippen LogP) is -0.534. The summed E-state index contributed by atoms with van der Waals surface area (Å²) in [6.45, 7) is 0.397. The van der Waals surface area contributed by atoms with E-state index in [9.17, 15) is 14.4 Å². The Bertz CT molecular complexity index is 486. The molecule has 0 atom stereocenters. The zero-order valence-corrected chi connectivity index (χ0v) is 10.7. The van der Waals surface area contributed by atoms with Crippen LogP contribution in [0.15, 0.2) is 12.4 Å². The fraction of sp³-hybridized carbons (Fsp3) is 0.364. The van der Waals surface area contributed by atoms with Crippen molar-refractivity contribution in [3.05, 3.63) is 23.8 Å². The molecule has 0 aliphatic rings. The van der Waals surface area contributed by atoms with Gasteiger partial charge in [0.15, 0.2) is 0 Å². The fourth-order valence-corrected chi connectivity index (χ4v) is 1.31. The lowest BCUT2D eigenvalue weighted by Crippen LogP contribution is -2.45. The highest BCUT2D eigenvalue weighted by molar-refractivity contribution is 5.84. The zero-order chi connectivity index (χ0) is 15.1. The van der Waals surface area contributed by atoms with E-state index in [2.05, 4.69) is 15.3 Å². The maximum Gasteiger partial charge on any atom is 0.323 e. The monoisotopic (exact) mass is 282 g/mol. The van der Waals surface area contributed by atoms with Crippen LogP contribution in [0.2, 0.25) is 0 Å². The molecular weight excluding hydrogens is 268 g/mol. The topological polar surface area (TPSA) is 133 Å². The molecule has 1 aromatic heterocycles. The Hall–Kier alpha value is -2.71. The molecule has 0 aliphatic heterocycles. The molecule has 0 aliphatic carbocycles. The summed E-state index contributed by atoms with van der Waals surface area (Å²) in [5.74, 6) is -2.59. The number of rotatable bonds is 6. The maximum atomic E-state index is 11.7. The Morgan fingerprint density at radius 1 is 1.15 bits per heavy atom. The quantitative estimate of drug-likeness (QED) is 0.638. The molecule has 108 valence electrons. The summed E-state index contributed by atoms with van der Waals surface area (Å²) in [6.07, 6.45) is 2.99. The molecule has 0 saturated carbocycles. The van der Waals surface area contributed by atoms with Crippen molar-refractivity contribution in [2.24, 2.45) is 0 Å². The van der Waals surface area contributed by atoms with Crippen LogP contribution in [0.1, 0.15) is 11.4 Å². The van der Waals surface area contributed by atoms with E-state index in [1.54, 1.807) is 6.92 Å². The molecule has 1 aromatic rings. The second kappa shape index (κ2) is 7.02. The summed E-state index contributed by atoms with van der Waals surface area (Å²) >= 11 is 0. The number of nitrogens with one attached hydrogen (secondary N) is 1. The van der Waals surface area contributed by atoms with Gasteiger partial charge in [0, 0.05) is 6.20 Å². The molecule has 1 heterocycles. The van der Waals surface area contributed by atoms with Crippen molar-refractivity contribution in [3.63, 3.8) is 0 Å². The molecule has 0 bridgehead atoms. The van der Waals surface area contributed by atoms with Gasteiger partial charge in [0.05, 0.1) is 24.1 Å². The fourth-order valence-electron chi connectivity index (χ4n) is 1.31. The first-order chi connectivity index (χ1) is 9.38. The number of carbonyl (C=O) groups excluding carboxylic acids is 1. The molecule has 0 saturated heterocycles. The van der Waals surface area contributed by atoms with Gasteiger partial charge >= 0.3 is 18.0 Å². The number of urea groups is 1. The standard InChI is InChI=1S/C11H14N4O5/c1-7-2-13-8(3-12-7)4-14-11(20)15(5-9(16)17)6-10(18)19/h2-3H,4-6H2,1H3,(H,14,20)(H,16,17)(H,18,19). The van der Waals surface area contributed by atoms with Gasteiger partial charge in [-0.3, -0.25) is 19.6 Å². The second-order valence-electron chi connectivity index (χ2n) is 3.95. The van der Waals surface area contributed by atoms with Crippen LogP contribution in [0.4, 0.5) is 4.79 Å². The summed E-state index contributed by atoms with van der Waals surface area (Å²) in [5.41, 5.74) is 1.20. The third-order valence-corrected chi connectivity index (χ3v) is 2.19. The minimum atomic E-state index is -1.29. The van der Waals surface area contributed by atoms with E-state index in [-0.39, 0.29) is 6.54 Å². The van der Waals surface area contributed by atoms with Gasteiger partial charge in [0.1, 0.15) is 13.1 Å². The van der Waals surface area contributed by atoms with Crippen LogP contribution in [0.25, 0.3) is 0 Å². The number of aryl methyl sites for hydroxylation is 1. The molecule has 9 nitrogen and oxygen atoms in total. The molecule has 0 spiro atoms. The number of hydrogen-bond donors (Lipinski definition) is 3. The van der Waals surface area contributed by atoms with Crippen LogP contribution < -0.4 is 5.32 Å². The summed E-state index contributed by atoms with van der Waals surface area (Å²) in [4.78, 5) is 41.5. The molecule has 0 aromatic carbocycles. The summed E-state index contributed by atoms with van der Waals surface area (Å²) in [6, 6.07) is -0.794. The Morgan fingerprint density at radius 3 is 2.20 bits per heavy atom. The number of nitrogens with zero attached hydrogens (tertiary/aromatic N) is 3. The highest BCUT2D eigenvalue weighted by Gasteiger charge is 2.19. The third kappa shape index (κ3) is 5.29. The normalized spacial score (nSPS) is 9.85. The highest BCUT2D eigenvalue weighted by Crippen LogP contribution is 1.96. The van der Waals surface area contributed by atoms with Crippen LogP contribution >= 0.6 is 0 Å². The van der Waals surface area contributed by atoms with Crippen molar-refractivity contribution in [2.45, 2.75) is 13.5 Å². The number of hydrogen-bond acceptors (Lipinski definition) is 5. The average Bonchev–Trinajstić information content (AvgIpc) is 2.36. The SMILES string of the molecule is Cc1cnc(CNC(=O)N(CC(=O)O)CC(=O)O)cn1. The molecule has 3 N–H and O–H groups in total. The van der Waals surface area contributed by atoms with E-state index in [1.807, 2.05) is 0 Å². The summed E-state index contributed by atoms with van der Waals surface area (Å²) in [5, 5.41) is 19.6. The Kier molecular flexibility index (Phi) is 5.39. The van der Waals surface area contributed by atoms with Crippen molar-refractivity contribution in [2.75, 3.05) is 13.1 Å². The van der Waals surface area contributed by atoms with Crippen molar-refractivity contribution >= 4 is 18.0 Å². The number of carbonyl (C=O) groups is 3. The van der Waals surface area contributed by atoms with Gasteiger partial charge in [0.25, 0.3) is 0 Å². The van der Waals surface area contributed by atoms with Crippen LogP contribution in [-0.2, 0) is 16.1 Å². The van der Waals surface area contributed by atoms with Gasteiger partial charge in [-0.05, 0) is 6.92 Å². The Labute approximate surface area is 114 Å². The van der Waals surface area contributed by atoms with Crippen molar-refractivity contribution < 1.29 is 24.6 Å². The first kappa shape index (κ1) is 15.3. The highest BCUT2D eigenvalue weighted by atomic mass is 16.4. The van der Waals surface area contributed by atoms with Crippen LogP contribution in [0.5, 0.6) is 0 Å². The lowest BCUT2D eigenvalue weighted by atomic mass is 10.4. The van der Waals surface area contributed by atoms with E-state index in [0.29, 0.717) is 10.6 Å². The number of aromatic nitrogens is 2. The Balaban J connectivity index is 2.58. The zero-order valence-electron chi connectivity index (χ0n) is 10.7. The summed E-state index contributed by atoms with van der Waals surface area (Å²) in [7, 11) is 0. The minimum absolute atomic E-state index is 0.0296. The molecule has 20 heavy (non-hydrogen) atoms. The first-order valence-electron chi connectivity index (χ1n) is 5.62. The van der Waals surface area contributed by atoms with Crippen molar-refractivity contribution in [1.82, 2.24) is 20.2 Å². The van der Waals surface area contributed by atoms with Crippen LogP contribution in [0, 0.1) is 6.92 Å². The first-order valence-corrected chi connectivity index (χ1v) is 5.62. The van der Waals surface area contributed by atoms with E-state index in [1.165, 1.54) is 12.4 Å². The van der Waals surface area contributed by atoms with E-state index in [0.717, 1.165) is 5.69 Å². The van der Waals surface area contributed by atoms with E-state index >= 15 is 0 Å². The van der Waals surface area contributed by atoms with Gasteiger partial charge in [-0.25, -0.2) is 4.79 Å². The number of amides is 2. The Morgan fingerprint density at radius 2 is 1.75 bits per heavy atom. The lowest BCUT2D eigenvalue weighted by molar-refractivity contribution is -0.140. The van der Waals surface area contributed by atoms with Gasteiger partial charge in [-0.1, -0.05) is 0 Å². The van der Waals surface area contributed by atoms with Crippen LogP contribution in [-0.4, -0.2) is 56.1 Å². The molecule has 1 rings (SSSR count). The largest absolute Gasteiger partial charge is 0.480 e. The second-order valence-corrected chi connectivity index (χ2v) is 3.95. The number of aliphatic carboxylic acids is 2. The molecule has 0 unspecified atom stereocenters. The smallest absolute Gasteiger partial charge is 0.323 e. The molecular formula is C11H14N4O5. The predicted molar refractivity (Wildman–Crippen MR) is 65.8 cm³/mol. The van der Waals surface area contributed by atoms with Crippen molar-refractivity contribution in [1.29, 1.82) is 0 Å². The van der Waals surface area contributed by atoms with Gasteiger partial charge < -0.3 is 20.4 Å². The van der Waals surface area contributed by atoms with Crippen molar-refractivity contribution in [3.8, 4) is 0 Å². The van der Waals surface area contributed by atoms with Gasteiger partial charge in [0.2, 0.25) is 0 Å². The van der Waals surface area contributed by atoms with Crippen LogP contribution in [0.3, 0.4) is 0 Å². The number of carboxylic acid groups (broad SMARTS) is 2. The van der Waals surface area contributed by atoms with E-state index < -0.39 is 31.1 Å². The van der Waals surface area contributed by atoms with Gasteiger partial charge in [-0.2, -0.15) is 0 Å². The third-order valence-electron chi connectivity index (χ3n) is 2.19. The minimum Gasteiger partial charge on any atom is -0.480 e. The van der Waals surface area contributed by atoms with Gasteiger partial charge in [-0.15, -0.1) is 0 Å². The molecule has 0 radical (unpaired) electrons. The van der Waals surface area contributed by atoms with E-state index in [4.69, 9.17) is 10.2 Å².